The zero-order valence-electron chi connectivity index (χ0n) is 14.3. The fourth-order valence-electron chi connectivity index (χ4n) is 3.46. The van der Waals surface area contributed by atoms with Crippen LogP contribution in [-0.2, 0) is 4.79 Å². The Morgan fingerprint density at radius 3 is 2.17 bits per heavy atom. The predicted octanol–water partition coefficient (Wildman–Crippen LogP) is 3.90. The number of ketones is 1. The van der Waals surface area contributed by atoms with Crippen LogP contribution in [-0.4, -0.2) is 23.8 Å². The van der Waals surface area contributed by atoms with Gasteiger partial charge in [0.05, 0.1) is 0 Å². The number of carbonyl (C=O) groups is 2. The van der Waals surface area contributed by atoms with E-state index in [-0.39, 0.29) is 11.7 Å². The molecule has 1 aliphatic carbocycles. The Balaban J connectivity index is 1.65. The number of fused-ring (bicyclic) bond motifs is 1. The average Bonchev–Trinajstić information content (AvgIpc) is 2.55. The van der Waals surface area contributed by atoms with E-state index in [4.69, 9.17) is 0 Å². The Bertz CT molecular complexity index is 761. The first-order chi connectivity index (χ1) is 11.5. The number of Topliss-reactive ketones (excluding diaryl/α,β-unsaturated/α-hetero) is 1. The topological polar surface area (TPSA) is 58.2 Å². The highest BCUT2D eigenvalue weighted by Gasteiger charge is 2.21. The van der Waals surface area contributed by atoms with Gasteiger partial charge in [0, 0.05) is 30.3 Å². The van der Waals surface area contributed by atoms with Crippen molar-refractivity contribution in [3.63, 3.8) is 0 Å². The molecule has 0 radical (unpaired) electrons. The lowest BCUT2D eigenvalue weighted by Crippen LogP contribution is -2.39. The number of carbonyl (C=O) groups excluding carboxylic acids is 2. The van der Waals surface area contributed by atoms with Crippen molar-refractivity contribution in [3.05, 3.63) is 42.0 Å². The summed E-state index contributed by atoms with van der Waals surface area (Å²) in [5, 5.41) is 8.84. The molecule has 1 aliphatic rings. The SMILES string of the molecule is CC(=O)NC1CCC(Nc2ccc3cc(C(C)=O)ccc3c2)CC1. The van der Waals surface area contributed by atoms with Crippen molar-refractivity contribution in [3.8, 4) is 0 Å². The summed E-state index contributed by atoms with van der Waals surface area (Å²) in [7, 11) is 0. The van der Waals surface area contributed by atoms with Crippen LogP contribution in [0.25, 0.3) is 10.8 Å². The van der Waals surface area contributed by atoms with Gasteiger partial charge < -0.3 is 10.6 Å². The van der Waals surface area contributed by atoms with E-state index in [0.29, 0.717) is 12.1 Å². The molecule has 0 unspecified atom stereocenters. The number of amides is 1. The smallest absolute Gasteiger partial charge is 0.217 e. The van der Waals surface area contributed by atoms with Gasteiger partial charge in [0.15, 0.2) is 5.78 Å². The average molecular weight is 324 g/mol. The van der Waals surface area contributed by atoms with Crippen molar-refractivity contribution in [1.29, 1.82) is 0 Å². The number of hydrogen-bond acceptors (Lipinski definition) is 3. The second-order valence-corrected chi connectivity index (χ2v) is 6.73. The van der Waals surface area contributed by atoms with Gasteiger partial charge in [0.1, 0.15) is 0 Å². The van der Waals surface area contributed by atoms with Gasteiger partial charge in [-0.15, -0.1) is 0 Å². The lowest BCUT2D eigenvalue weighted by molar-refractivity contribution is -0.119. The standard InChI is InChI=1S/C20H24N2O2/c1-13(23)15-3-4-17-12-20(6-5-16(17)11-15)22-19-9-7-18(8-10-19)21-14(2)24/h3-6,11-12,18-19,22H,7-10H2,1-2H3,(H,21,24). The van der Waals surface area contributed by atoms with Crippen LogP contribution >= 0.6 is 0 Å². The number of benzene rings is 2. The molecule has 4 nitrogen and oxygen atoms in total. The molecule has 24 heavy (non-hydrogen) atoms. The summed E-state index contributed by atoms with van der Waals surface area (Å²) in [5.41, 5.74) is 1.86. The van der Waals surface area contributed by atoms with Crippen molar-refractivity contribution in [2.45, 2.75) is 51.6 Å². The van der Waals surface area contributed by atoms with Gasteiger partial charge in [0.25, 0.3) is 0 Å². The van der Waals surface area contributed by atoms with E-state index in [0.717, 1.165) is 47.7 Å². The summed E-state index contributed by atoms with van der Waals surface area (Å²) in [6.45, 7) is 3.17. The molecule has 0 bridgehead atoms. The van der Waals surface area contributed by atoms with Gasteiger partial charge in [-0.2, -0.15) is 0 Å². The third kappa shape index (κ3) is 3.94. The van der Waals surface area contributed by atoms with E-state index in [1.54, 1.807) is 13.8 Å². The quantitative estimate of drug-likeness (QED) is 0.839. The fraction of sp³-hybridized carbons (Fsp3) is 0.400. The molecule has 1 fully saturated rings. The second-order valence-electron chi connectivity index (χ2n) is 6.73. The van der Waals surface area contributed by atoms with E-state index >= 15 is 0 Å². The molecule has 3 rings (SSSR count). The number of hydrogen-bond donors (Lipinski definition) is 2. The van der Waals surface area contributed by atoms with Crippen LogP contribution < -0.4 is 10.6 Å². The lowest BCUT2D eigenvalue weighted by atomic mass is 9.91. The summed E-state index contributed by atoms with van der Waals surface area (Å²) >= 11 is 0. The number of rotatable bonds is 4. The molecule has 2 aromatic carbocycles. The third-order valence-electron chi connectivity index (χ3n) is 4.75. The molecule has 4 heteroatoms. The van der Waals surface area contributed by atoms with Crippen LogP contribution in [0.1, 0.15) is 49.9 Å². The van der Waals surface area contributed by atoms with Gasteiger partial charge in [-0.3, -0.25) is 9.59 Å². The Labute approximate surface area is 142 Å². The Morgan fingerprint density at radius 1 is 0.875 bits per heavy atom. The summed E-state index contributed by atoms with van der Waals surface area (Å²) in [5.74, 6) is 0.154. The van der Waals surface area contributed by atoms with E-state index in [2.05, 4.69) is 28.8 Å². The lowest BCUT2D eigenvalue weighted by Gasteiger charge is -2.30. The Kier molecular flexibility index (Phi) is 4.84. The molecule has 2 N–H and O–H groups in total. The molecule has 0 aromatic heterocycles. The van der Waals surface area contributed by atoms with Crippen molar-refractivity contribution in [2.24, 2.45) is 0 Å². The van der Waals surface area contributed by atoms with E-state index in [1.165, 1.54) is 0 Å². The number of anilines is 1. The van der Waals surface area contributed by atoms with Crippen LogP contribution in [0.2, 0.25) is 0 Å². The molecule has 0 atom stereocenters. The first-order valence-electron chi connectivity index (χ1n) is 8.59. The van der Waals surface area contributed by atoms with Crippen LogP contribution in [0.15, 0.2) is 36.4 Å². The van der Waals surface area contributed by atoms with Crippen molar-refractivity contribution in [1.82, 2.24) is 5.32 Å². The summed E-state index contributed by atoms with van der Waals surface area (Å²) in [6, 6.07) is 12.9. The van der Waals surface area contributed by atoms with Crippen molar-refractivity contribution < 1.29 is 9.59 Å². The minimum absolute atomic E-state index is 0.0610. The molecule has 2 aromatic rings. The molecular formula is C20H24N2O2. The summed E-state index contributed by atoms with van der Waals surface area (Å²) in [4.78, 5) is 22.6. The molecule has 0 saturated heterocycles. The van der Waals surface area contributed by atoms with E-state index < -0.39 is 0 Å². The van der Waals surface area contributed by atoms with Crippen LogP contribution in [0, 0.1) is 0 Å². The van der Waals surface area contributed by atoms with Crippen LogP contribution in [0.4, 0.5) is 5.69 Å². The zero-order valence-corrected chi connectivity index (χ0v) is 14.3. The molecular weight excluding hydrogens is 300 g/mol. The number of nitrogens with one attached hydrogen (secondary N) is 2. The largest absolute Gasteiger partial charge is 0.382 e. The Morgan fingerprint density at radius 2 is 1.50 bits per heavy atom. The van der Waals surface area contributed by atoms with Gasteiger partial charge in [0.2, 0.25) is 5.91 Å². The maximum atomic E-state index is 11.5. The predicted molar refractivity (Wildman–Crippen MR) is 97.4 cm³/mol. The molecule has 0 heterocycles. The molecule has 0 aliphatic heterocycles. The molecule has 0 spiro atoms. The highest BCUT2D eigenvalue weighted by molar-refractivity contribution is 5.99. The molecule has 1 saturated carbocycles. The monoisotopic (exact) mass is 324 g/mol. The highest BCUT2D eigenvalue weighted by atomic mass is 16.1. The molecule has 1 amide bonds. The highest BCUT2D eigenvalue weighted by Crippen LogP contribution is 2.25. The van der Waals surface area contributed by atoms with Gasteiger partial charge in [-0.05, 0) is 61.6 Å². The van der Waals surface area contributed by atoms with Gasteiger partial charge >= 0.3 is 0 Å². The zero-order chi connectivity index (χ0) is 17.1. The first kappa shape index (κ1) is 16.5. The normalized spacial score (nSPS) is 20.6. The van der Waals surface area contributed by atoms with Crippen molar-refractivity contribution in [2.75, 3.05) is 5.32 Å². The van der Waals surface area contributed by atoms with E-state index in [9.17, 15) is 9.59 Å². The van der Waals surface area contributed by atoms with Crippen molar-refractivity contribution >= 4 is 28.2 Å². The van der Waals surface area contributed by atoms with Crippen LogP contribution in [0.5, 0.6) is 0 Å². The summed E-state index contributed by atoms with van der Waals surface area (Å²) < 4.78 is 0. The minimum Gasteiger partial charge on any atom is -0.382 e. The van der Waals surface area contributed by atoms with E-state index in [1.807, 2.05) is 18.2 Å². The Hall–Kier alpha value is -2.36. The van der Waals surface area contributed by atoms with Gasteiger partial charge in [-0.1, -0.05) is 18.2 Å². The second kappa shape index (κ2) is 7.04. The molecule has 126 valence electrons. The maximum Gasteiger partial charge on any atom is 0.217 e. The van der Waals surface area contributed by atoms with Gasteiger partial charge in [-0.25, -0.2) is 0 Å². The fourth-order valence-corrected chi connectivity index (χ4v) is 3.46. The summed E-state index contributed by atoms with van der Waals surface area (Å²) in [6.07, 6.45) is 4.16. The first-order valence-corrected chi connectivity index (χ1v) is 8.59. The van der Waals surface area contributed by atoms with Crippen LogP contribution in [0.3, 0.4) is 0 Å². The minimum atomic E-state index is 0.0610. The third-order valence-corrected chi connectivity index (χ3v) is 4.75. The maximum absolute atomic E-state index is 11.5.